The van der Waals surface area contributed by atoms with Crippen LogP contribution in [0.4, 0.5) is 0 Å². The van der Waals surface area contributed by atoms with Gasteiger partial charge in [0.1, 0.15) is 5.75 Å². The molecule has 4 heteroatoms. The van der Waals surface area contributed by atoms with Crippen molar-refractivity contribution in [2.45, 2.75) is 33.2 Å². The summed E-state index contributed by atoms with van der Waals surface area (Å²) in [7, 11) is 0. The molecular formula is C16H24N2O2. The molecule has 1 heterocycles. The molecule has 4 nitrogen and oxygen atoms in total. The van der Waals surface area contributed by atoms with E-state index in [0.717, 1.165) is 26.2 Å². The molecular weight excluding hydrogens is 252 g/mol. The van der Waals surface area contributed by atoms with Gasteiger partial charge < -0.3 is 10.0 Å². The number of piperazine rings is 1. The van der Waals surface area contributed by atoms with E-state index in [-0.39, 0.29) is 17.2 Å². The fourth-order valence-electron chi connectivity index (χ4n) is 2.61. The topological polar surface area (TPSA) is 43.8 Å². The molecule has 1 aliphatic heterocycles. The van der Waals surface area contributed by atoms with E-state index in [9.17, 15) is 9.90 Å². The number of hydrogen-bond acceptors (Lipinski definition) is 3. The smallest absolute Gasteiger partial charge is 0.254 e. The summed E-state index contributed by atoms with van der Waals surface area (Å²) in [6.45, 7) is 11.7. The molecule has 0 bridgehead atoms. The van der Waals surface area contributed by atoms with Crippen molar-refractivity contribution >= 4 is 5.91 Å². The van der Waals surface area contributed by atoms with Crippen LogP contribution in [0.25, 0.3) is 0 Å². The maximum atomic E-state index is 12.5. The van der Waals surface area contributed by atoms with Crippen molar-refractivity contribution in [3.05, 3.63) is 29.3 Å². The van der Waals surface area contributed by atoms with E-state index in [4.69, 9.17) is 0 Å². The highest BCUT2D eigenvalue weighted by Crippen LogP contribution is 2.22. The van der Waals surface area contributed by atoms with E-state index in [1.807, 2.05) is 4.90 Å². The van der Waals surface area contributed by atoms with Gasteiger partial charge in [0.2, 0.25) is 0 Å². The summed E-state index contributed by atoms with van der Waals surface area (Å²) in [5.41, 5.74) is 1.42. The minimum Gasteiger partial charge on any atom is -0.508 e. The molecule has 1 amide bonds. The first-order valence-electron chi connectivity index (χ1n) is 7.13. The van der Waals surface area contributed by atoms with E-state index in [0.29, 0.717) is 11.1 Å². The van der Waals surface area contributed by atoms with Gasteiger partial charge in [0.15, 0.2) is 0 Å². The maximum absolute atomic E-state index is 12.5. The molecule has 110 valence electrons. The average molecular weight is 276 g/mol. The van der Waals surface area contributed by atoms with Crippen LogP contribution >= 0.6 is 0 Å². The SMILES string of the molecule is Cc1c(O)cccc1C(=O)N1CCN(C(C)(C)C)CC1. The van der Waals surface area contributed by atoms with Gasteiger partial charge in [0, 0.05) is 42.8 Å². The zero-order chi connectivity index (χ0) is 14.9. The summed E-state index contributed by atoms with van der Waals surface area (Å²) >= 11 is 0. The Balaban J connectivity index is 2.07. The highest BCUT2D eigenvalue weighted by atomic mass is 16.3. The number of carbonyl (C=O) groups is 1. The second-order valence-corrected chi connectivity index (χ2v) is 6.40. The molecule has 0 aliphatic carbocycles. The average Bonchev–Trinajstić information content (AvgIpc) is 2.40. The van der Waals surface area contributed by atoms with Crippen molar-refractivity contribution in [3.8, 4) is 5.75 Å². The molecule has 0 unspecified atom stereocenters. The van der Waals surface area contributed by atoms with E-state index in [2.05, 4.69) is 25.7 Å². The van der Waals surface area contributed by atoms with Crippen LogP contribution in [-0.4, -0.2) is 52.5 Å². The number of phenols is 1. The van der Waals surface area contributed by atoms with Gasteiger partial charge in [-0.3, -0.25) is 9.69 Å². The fourth-order valence-corrected chi connectivity index (χ4v) is 2.61. The third kappa shape index (κ3) is 2.96. The predicted octanol–water partition coefficient (Wildman–Crippen LogP) is 2.26. The van der Waals surface area contributed by atoms with Gasteiger partial charge in [0.05, 0.1) is 0 Å². The molecule has 0 radical (unpaired) electrons. The molecule has 20 heavy (non-hydrogen) atoms. The number of hydrogen-bond donors (Lipinski definition) is 1. The lowest BCUT2D eigenvalue weighted by Crippen LogP contribution is -2.54. The summed E-state index contributed by atoms with van der Waals surface area (Å²) < 4.78 is 0. The summed E-state index contributed by atoms with van der Waals surface area (Å²) in [6.07, 6.45) is 0. The molecule has 1 aliphatic rings. The van der Waals surface area contributed by atoms with Crippen LogP contribution in [0.15, 0.2) is 18.2 Å². The summed E-state index contributed by atoms with van der Waals surface area (Å²) in [5, 5.41) is 9.72. The lowest BCUT2D eigenvalue weighted by atomic mass is 10.0. The third-order valence-electron chi connectivity index (χ3n) is 4.05. The van der Waals surface area contributed by atoms with Gasteiger partial charge >= 0.3 is 0 Å². The highest BCUT2D eigenvalue weighted by molar-refractivity contribution is 5.96. The number of amides is 1. The Bertz CT molecular complexity index is 498. The van der Waals surface area contributed by atoms with Crippen molar-refractivity contribution in [2.75, 3.05) is 26.2 Å². The zero-order valence-electron chi connectivity index (χ0n) is 12.8. The molecule has 1 aromatic rings. The molecule has 2 rings (SSSR count). The molecule has 0 saturated carbocycles. The third-order valence-corrected chi connectivity index (χ3v) is 4.05. The largest absolute Gasteiger partial charge is 0.508 e. The Hall–Kier alpha value is -1.55. The van der Waals surface area contributed by atoms with Crippen molar-refractivity contribution in [2.24, 2.45) is 0 Å². The van der Waals surface area contributed by atoms with Gasteiger partial charge in [-0.2, -0.15) is 0 Å². The Morgan fingerprint density at radius 2 is 1.75 bits per heavy atom. The van der Waals surface area contributed by atoms with Gasteiger partial charge in [-0.05, 0) is 39.8 Å². The minimum absolute atomic E-state index is 0.0203. The van der Waals surface area contributed by atoms with Gasteiger partial charge in [-0.1, -0.05) is 6.07 Å². The Morgan fingerprint density at radius 3 is 2.30 bits per heavy atom. The number of carbonyl (C=O) groups excluding carboxylic acids is 1. The van der Waals surface area contributed by atoms with Crippen molar-refractivity contribution in [1.29, 1.82) is 0 Å². The summed E-state index contributed by atoms with van der Waals surface area (Å²) in [4.78, 5) is 16.8. The second kappa shape index (κ2) is 5.44. The van der Waals surface area contributed by atoms with Crippen molar-refractivity contribution in [3.63, 3.8) is 0 Å². The van der Waals surface area contributed by atoms with Crippen LogP contribution in [0.1, 0.15) is 36.7 Å². The van der Waals surface area contributed by atoms with Crippen LogP contribution in [-0.2, 0) is 0 Å². The first kappa shape index (κ1) is 14.9. The lowest BCUT2D eigenvalue weighted by Gasteiger charge is -2.42. The van der Waals surface area contributed by atoms with Gasteiger partial charge in [-0.15, -0.1) is 0 Å². The van der Waals surface area contributed by atoms with E-state index < -0.39 is 0 Å². The monoisotopic (exact) mass is 276 g/mol. The number of nitrogens with zero attached hydrogens (tertiary/aromatic N) is 2. The quantitative estimate of drug-likeness (QED) is 0.855. The van der Waals surface area contributed by atoms with Crippen LogP contribution in [0.2, 0.25) is 0 Å². The second-order valence-electron chi connectivity index (χ2n) is 6.40. The molecule has 0 aromatic heterocycles. The van der Waals surface area contributed by atoms with Crippen molar-refractivity contribution < 1.29 is 9.90 Å². The molecule has 1 aromatic carbocycles. The number of phenolic OH excluding ortho intramolecular Hbond substituents is 1. The van der Waals surface area contributed by atoms with Crippen molar-refractivity contribution in [1.82, 2.24) is 9.80 Å². The summed E-state index contributed by atoms with van der Waals surface area (Å²) in [5.74, 6) is 0.205. The molecule has 1 saturated heterocycles. The first-order valence-corrected chi connectivity index (χ1v) is 7.13. The molecule has 0 spiro atoms. The van der Waals surface area contributed by atoms with Crippen LogP contribution in [0.3, 0.4) is 0 Å². The maximum Gasteiger partial charge on any atom is 0.254 e. The van der Waals surface area contributed by atoms with Crippen LogP contribution in [0.5, 0.6) is 5.75 Å². The number of aromatic hydroxyl groups is 1. The van der Waals surface area contributed by atoms with Crippen LogP contribution < -0.4 is 0 Å². The number of benzene rings is 1. The summed E-state index contributed by atoms with van der Waals surface area (Å²) in [6, 6.07) is 5.12. The van der Waals surface area contributed by atoms with E-state index in [1.54, 1.807) is 25.1 Å². The number of rotatable bonds is 1. The Kier molecular flexibility index (Phi) is 4.04. The lowest BCUT2D eigenvalue weighted by molar-refractivity contribution is 0.0450. The fraction of sp³-hybridized carbons (Fsp3) is 0.562. The highest BCUT2D eigenvalue weighted by Gasteiger charge is 2.28. The Labute approximate surface area is 121 Å². The predicted molar refractivity (Wildman–Crippen MR) is 80.1 cm³/mol. The van der Waals surface area contributed by atoms with E-state index >= 15 is 0 Å². The van der Waals surface area contributed by atoms with Gasteiger partial charge in [0.25, 0.3) is 5.91 Å². The van der Waals surface area contributed by atoms with E-state index in [1.165, 1.54) is 0 Å². The van der Waals surface area contributed by atoms with Gasteiger partial charge in [-0.25, -0.2) is 0 Å². The minimum atomic E-state index is 0.0203. The standard InChI is InChI=1S/C16H24N2O2/c1-12-13(6-5-7-14(12)19)15(20)17-8-10-18(11-9-17)16(2,3)4/h5-7,19H,8-11H2,1-4H3. The normalized spacial score (nSPS) is 17.3. The Morgan fingerprint density at radius 1 is 1.15 bits per heavy atom. The zero-order valence-corrected chi connectivity index (χ0v) is 12.8. The van der Waals surface area contributed by atoms with Crippen LogP contribution in [0, 0.1) is 6.92 Å². The molecule has 0 atom stereocenters. The first-order chi connectivity index (χ1) is 9.30. The molecule has 1 fully saturated rings. The molecule has 1 N–H and O–H groups in total.